The number of carbonyl (C=O) groups is 2. The van der Waals surface area contributed by atoms with Gasteiger partial charge in [0.15, 0.2) is 5.69 Å². The molecule has 2 heterocycles. The first-order valence-corrected chi connectivity index (χ1v) is 13.1. The highest BCUT2D eigenvalue weighted by atomic mass is 35.5. The van der Waals surface area contributed by atoms with Crippen molar-refractivity contribution in [2.24, 2.45) is 0 Å². The highest BCUT2D eigenvalue weighted by Gasteiger charge is 2.35. The monoisotopic (exact) mass is 631 g/mol. The number of anilines is 1. The molecule has 2 aromatic carbocycles. The minimum atomic E-state index is -4.74. The van der Waals surface area contributed by atoms with Gasteiger partial charge in [0, 0.05) is 27.9 Å². The van der Waals surface area contributed by atoms with Crippen molar-refractivity contribution in [3.05, 3.63) is 87.3 Å². The van der Waals surface area contributed by atoms with Gasteiger partial charge in [0.05, 0.1) is 36.8 Å². The summed E-state index contributed by atoms with van der Waals surface area (Å²) in [5.41, 5.74) is -1.75. The van der Waals surface area contributed by atoms with Gasteiger partial charge in [-0.1, -0.05) is 23.7 Å². The van der Waals surface area contributed by atoms with Crippen molar-refractivity contribution in [1.29, 1.82) is 5.26 Å². The molecule has 4 rings (SSSR count). The Kier molecular flexibility index (Phi) is 9.34. The van der Waals surface area contributed by atoms with Crippen molar-refractivity contribution >= 4 is 29.1 Å². The van der Waals surface area contributed by atoms with Crippen LogP contribution in [0, 0.1) is 17.1 Å². The zero-order valence-electron chi connectivity index (χ0n) is 22.9. The summed E-state index contributed by atoms with van der Waals surface area (Å²) in [5, 5.41) is 20.3. The highest BCUT2D eigenvalue weighted by molar-refractivity contribution is 6.31. The number of nitrogens with zero attached hydrogens (tertiary/aromatic N) is 5. The Morgan fingerprint density at radius 1 is 1.14 bits per heavy atom. The maximum Gasteiger partial charge on any atom is 0.436 e. The summed E-state index contributed by atoms with van der Waals surface area (Å²) in [6.45, 7) is 1.32. The maximum atomic E-state index is 14.6. The number of rotatable bonds is 9. The number of halogens is 5. The van der Waals surface area contributed by atoms with E-state index in [1.165, 1.54) is 37.6 Å². The first kappa shape index (κ1) is 31.7. The van der Waals surface area contributed by atoms with E-state index in [0.29, 0.717) is 6.20 Å². The molecule has 4 aromatic rings. The molecule has 0 aliphatic heterocycles. The summed E-state index contributed by atoms with van der Waals surface area (Å²) in [5.74, 6) is -2.35. The molecule has 2 amide bonds. The Morgan fingerprint density at radius 2 is 1.89 bits per heavy atom. The molecule has 2 aromatic heterocycles. The van der Waals surface area contributed by atoms with Gasteiger partial charge in [-0.15, -0.1) is 5.10 Å². The van der Waals surface area contributed by atoms with Crippen molar-refractivity contribution in [2.75, 3.05) is 19.0 Å². The highest BCUT2D eigenvalue weighted by Crippen LogP contribution is 2.36. The second kappa shape index (κ2) is 13.0. The third kappa shape index (κ3) is 6.70. The number of benzene rings is 2. The van der Waals surface area contributed by atoms with Crippen LogP contribution in [0.3, 0.4) is 0 Å². The van der Waals surface area contributed by atoms with Crippen LogP contribution in [0.25, 0.3) is 16.8 Å². The lowest BCUT2D eigenvalue weighted by atomic mass is 10.0. The number of alkyl halides is 3. The molecular weight excluding hydrogens is 610 g/mol. The normalized spacial score (nSPS) is 11.9. The fraction of sp³-hybridized carbons (Fsp3) is 0.214. The number of amides is 2. The fourth-order valence-corrected chi connectivity index (χ4v) is 4.48. The predicted octanol–water partition coefficient (Wildman–Crippen LogP) is 4.76. The minimum absolute atomic E-state index is 0.00837. The lowest BCUT2D eigenvalue weighted by molar-refractivity contribution is -0.141. The van der Waals surface area contributed by atoms with Crippen LogP contribution in [0.1, 0.15) is 35.4 Å². The van der Waals surface area contributed by atoms with Crippen LogP contribution in [0.15, 0.2) is 59.7 Å². The van der Waals surface area contributed by atoms with Crippen molar-refractivity contribution in [3.63, 3.8) is 0 Å². The van der Waals surface area contributed by atoms with Crippen LogP contribution in [-0.2, 0) is 11.0 Å². The maximum absolute atomic E-state index is 14.6. The van der Waals surface area contributed by atoms with E-state index in [1.807, 2.05) is 0 Å². The third-order valence-corrected chi connectivity index (χ3v) is 6.61. The summed E-state index contributed by atoms with van der Waals surface area (Å²) in [4.78, 5) is 38.5. The molecule has 11 nitrogen and oxygen atoms in total. The average molecular weight is 632 g/mol. The van der Waals surface area contributed by atoms with Crippen LogP contribution in [0.5, 0.6) is 5.75 Å². The predicted molar refractivity (Wildman–Crippen MR) is 150 cm³/mol. The number of nitrogens with one attached hydrogen (secondary N) is 2. The average Bonchev–Trinajstić information content (AvgIpc) is 3.48. The lowest BCUT2D eigenvalue weighted by Crippen LogP contribution is -2.32. The summed E-state index contributed by atoms with van der Waals surface area (Å²) >= 11 is 6.19. The molecule has 228 valence electrons. The van der Waals surface area contributed by atoms with Crippen molar-refractivity contribution < 1.29 is 31.9 Å². The van der Waals surface area contributed by atoms with Gasteiger partial charge in [-0.2, -0.15) is 18.4 Å². The Hall–Kier alpha value is -5.23. The Morgan fingerprint density at radius 3 is 2.50 bits per heavy atom. The number of pyridine rings is 1. The molecule has 16 heteroatoms. The number of carbonyl (C=O) groups excluding carboxylic acids is 2. The lowest BCUT2D eigenvalue weighted by Gasteiger charge is -2.21. The molecule has 0 aliphatic rings. The first-order valence-electron chi connectivity index (χ1n) is 12.7. The molecule has 0 spiro atoms. The number of methoxy groups -OCH3 is 1. The molecule has 2 N–H and O–H groups in total. The zero-order chi connectivity index (χ0) is 32.2. The number of nitriles is 1. The van der Waals surface area contributed by atoms with Gasteiger partial charge in [0.25, 0.3) is 11.5 Å². The van der Waals surface area contributed by atoms with Crippen LogP contribution in [-0.4, -0.2) is 45.0 Å². The topological polar surface area (TPSA) is 144 Å². The molecule has 1 atom stereocenters. The summed E-state index contributed by atoms with van der Waals surface area (Å²) in [6.07, 6.45) is -2.67. The van der Waals surface area contributed by atoms with Crippen molar-refractivity contribution in [3.8, 4) is 28.6 Å². The number of hydrogen-bond donors (Lipinski definition) is 2. The van der Waals surface area contributed by atoms with Gasteiger partial charge in [-0.05, 0) is 42.8 Å². The smallest absolute Gasteiger partial charge is 0.436 e. The first-order chi connectivity index (χ1) is 20.9. The van der Waals surface area contributed by atoms with Crippen LogP contribution in [0.2, 0.25) is 5.02 Å². The molecule has 0 radical (unpaired) electrons. The van der Waals surface area contributed by atoms with Crippen LogP contribution >= 0.6 is 11.6 Å². The second-order valence-electron chi connectivity index (χ2n) is 9.16. The fourth-order valence-electron chi connectivity index (χ4n) is 4.31. The van der Waals surface area contributed by atoms with E-state index in [4.69, 9.17) is 21.6 Å². The standard InChI is InChI=1S/C28H22ClF4N7O4/c1-3-21(27(43)36-16-5-6-17(20(30)11-16)26(42)35-9-8-34)39-13-23(44-2)19(12-25(39)41)18-10-15(29)4-7-22(18)40-14-24(37-38-40)28(31,32)33/h4-7,10-14,21H,3,9H2,1-2H3,(H,35,42)(H,36,43)/t21-/m0/s1. The molecule has 0 aliphatic carbocycles. The Labute approximate surface area is 251 Å². The van der Waals surface area contributed by atoms with Gasteiger partial charge in [0.2, 0.25) is 5.91 Å². The molecule has 0 saturated heterocycles. The molecule has 0 unspecified atom stereocenters. The minimum Gasteiger partial charge on any atom is -0.495 e. The van der Waals surface area contributed by atoms with Gasteiger partial charge in [-0.25, -0.2) is 9.07 Å². The molecule has 44 heavy (non-hydrogen) atoms. The van der Waals surface area contributed by atoms with E-state index in [0.717, 1.165) is 27.4 Å². The SMILES string of the molecule is CC[C@@H](C(=O)Nc1ccc(C(=O)NCC#N)c(F)c1)n1cc(OC)c(-c2cc(Cl)ccc2-n2cc(C(F)(F)F)nn2)cc1=O. The quantitative estimate of drug-likeness (QED) is 0.200. The van der Waals surface area contributed by atoms with Crippen molar-refractivity contribution in [1.82, 2.24) is 24.9 Å². The zero-order valence-corrected chi connectivity index (χ0v) is 23.7. The van der Waals surface area contributed by atoms with E-state index in [9.17, 15) is 31.9 Å². The molecule has 0 saturated carbocycles. The molecule has 0 fully saturated rings. The Balaban J connectivity index is 1.68. The van der Waals surface area contributed by atoms with Gasteiger partial charge < -0.3 is 15.4 Å². The van der Waals surface area contributed by atoms with E-state index in [1.54, 1.807) is 13.0 Å². The molecule has 0 bridgehead atoms. The summed E-state index contributed by atoms with van der Waals surface area (Å²) in [6, 6.07) is 9.33. The van der Waals surface area contributed by atoms with Gasteiger partial charge in [-0.3, -0.25) is 19.0 Å². The van der Waals surface area contributed by atoms with Crippen molar-refractivity contribution in [2.45, 2.75) is 25.6 Å². The third-order valence-electron chi connectivity index (χ3n) is 6.38. The molecular formula is C28H22ClF4N7O4. The summed E-state index contributed by atoms with van der Waals surface area (Å²) in [7, 11) is 1.30. The largest absolute Gasteiger partial charge is 0.495 e. The summed E-state index contributed by atoms with van der Waals surface area (Å²) < 4.78 is 61.5. The number of aromatic nitrogens is 4. The number of ether oxygens (including phenoxy) is 1. The van der Waals surface area contributed by atoms with E-state index in [-0.39, 0.29) is 51.8 Å². The van der Waals surface area contributed by atoms with Gasteiger partial charge >= 0.3 is 6.18 Å². The van der Waals surface area contributed by atoms with E-state index in [2.05, 4.69) is 20.9 Å². The number of hydrogen-bond acceptors (Lipinski definition) is 7. The van der Waals surface area contributed by atoms with Crippen LogP contribution in [0.4, 0.5) is 23.2 Å². The second-order valence-corrected chi connectivity index (χ2v) is 9.59. The van der Waals surface area contributed by atoms with Crippen LogP contribution < -0.4 is 20.9 Å². The Bertz CT molecular complexity index is 1830. The van der Waals surface area contributed by atoms with E-state index < -0.39 is 41.1 Å². The van der Waals surface area contributed by atoms with Gasteiger partial charge in [0.1, 0.15) is 24.2 Å². The van der Waals surface area contributed by atoms with E-state index >= 15 is 0 Å².